The van der Waals surface area contributed by atoms with E-state index in [-0.39, 0.29) is 5.91 Å². The Morgan fingerprint density at radius 1 is 1.08 bits per heavy atom. The van der Waals surface area contributed by atoms with Gasteiger partial charge in [-0.05, 0) is 47.9 Å². The summed E-state index contributed by atoms with van der Waals surface area (Å²) in [7, 11) is 0. The van der Waals surface area contributed by atoms with E-state index in [9.17, 15) is 4.79 Å². The average Bonchev–Trinajstić information content (AvgIpc) is 2.92. The van der Waals surface area contributed by atoms with Gasteiger partial charge in [-0.3, -0.25) is 9.69 Å². The molecule has 0 saturated heterocycles. The van der Waals surface area contributed by atoms with Gasteiger partial charge in [0.1, 0.15) is 5.70 Å². The maximum Gasteiger partial charge on any atom is 0.283 e. The standard InChI is InChI=1S/C22H24N2OS/c1-5-26-22-23-20(14-17-8-10-18(11-9-17)15(2)3)21(25)24(22)19-12-6-16(4)7-13-19/h6-15H,5H2,1-4H3. The van der Waals surface area contributed by atoms with Crippen LogP contribution in [-0.2, 0) is 4.79 Å². The van der Waals surface area contributed by atoms with Crippen molar-refractivity contribution in [3.63, 3.8) is 0 Å². The number of amides is 1. The van der Waals surface area contributed by atoms with Crippen molar-refractivity contribution in [2.24, 2.45) is 4.99 Å². The van der Waals surface area contributed by atoms with Crippen LogP contribution >= 0.6 is 11.8 Å². The molecule has 0 aromatic heterocycles. The van der Waals surface area contributed by atoms with E-state index < -0.39 is 0 Å². The number of benzene rings is 2. The second-order valence-electron chi connectivity index (χ2n) is 6.65. The van der Waals surface area contributed by atoms with E-state index in [1.165, 1.54) is 11.1 Å². The molecule has 0 atom stereocenters. The Morgan fingerprint density at radius 2 is 1.73 bits per heavy atom. The van der Waals surface area contributed by atoms with Crippen molar-refractivity contribution in [1.29, 1.82) is 0 Å². The number of carbonyl (C=O) groups excluding carboxylic acids is 1. The Morgan fingerprint density at radius 3 is 2.31 bits per heavy atom. The van der Waals surface area contributed by atoms with E-state index in [4.69, 9.17) is 0 Å². The minimum atomic E-state index is -0.0715. The van der Waals surface area contributed by atoms with Crippen molar-refractivity contribution < 1.29 is 4.79 Å². The zero-order chi connectivity index (χ0) is 18.7. The minimum Gasteiger partial charge on any atom is -0.266 e. The van der Waals surface area contributed by atoms with Gasteiger partial charge in [0, 0.05) is 0 Å². The highest BCUT2D eigenvalue weighted by Crippen LogP contribution is 2.29. The molecule has 0 saturated carbocycles. The maximum absolute atomic E-state index is 13.0. The normalized spacial score (nSPS) is 15.9. The number of rotatable bonds is 4. The molecular weight excluding hydrogens is 340 g/mol. The van der Waals surface area contributed by atoms with Crippen LogP contribution in [0.15, 0.2) is 59.2 Å². The van der Waals surface area contributed by atoms with Gasteiger partial charge in [-0.2, -0.15) is 0 Å². The molecule has 26 heavy (non-hydrogen) atoms. The van der Waals surface area contributed by atoms with Crippen LogP contribution in [0, 0.1) is 6.92 Å². The molecular formula is C22H24N2OS. The largest absolute Gasteiger partial charge is 0.283 e. The van der Waals surface area contributed by atoms with Crippen LogP contribution < -0.4 is 4.90 Å². The van der Waals surface area contributed by atoms with E-state index in [2.05, 4.69) is 37.9 Å². The first-order valence-electron chi connectivity index (χ1n) is 8.94. The molecule has 2 aromatic rings. The maximum atomic E-state index is 13.0. The van der Waals surface area contributed by atoms with Gasteiger partial charge in [0.15, 0.2) is 5.17 Å². The second kappa shape index (κ2) is 7.92. The summed E-state index contributed by atoms with van der Waals surface area (Å²) in [5.41, 5.74) is 4.80. The van der Waals surface area contributed by atoms with Gasteiger partial charge in [-0.1, -0.05) is 74.5 Å². The number of aryl methyl sites for hydroxylation is 1. The number of carbonyl (C=O) groups is 1. The van der Waals surface area contributed by atoms with Gasteiger partial charge < -0.3 is 0 Å². The third kappa shape index (κ3) is 3.91. The highest BCUT2D eigenvalue weighted by atomic mass is 32.2. The summed E-state index contributed by atoms with van der Waals surface area (Å²) < 4.78 is 0. The molecule has 1 heterocycles. The van der Waals surface area contributed by atoms with Crippen LogP contribution in [0.4, 0.5) is 5.69 Å². The molecule has 0 bridgehead atoms. The highest BCUT2D eigenvalue weighted by Gasteiger charge is 2.31. The molecule has 1 aliphatic rings. The highest BCUT2D eigenvalue weighted by molar-refractivity contribution is 8.14. The SMILES string of the molecule is CCSC1=NC(=Cc2ccc(C(C)C)cc2)C(=O)N1c1ccc(C)cc1. The van der Waals surface area contributed by atoms with Crippen LogP contribution in [0.1, 0.15) is 43.4 Å². The average molecular weight is 365 g/mol. The molecule has 1 aliphatic heterocycles. The minimum absolute atomic E-state index is 0.0715. The third-order valence-corrected chi connectivity index (χ3v) is 5.12. The molecule has 0 N–H and O–H groups in total. The van der Waals surface area contributed by atoms with Gasteiger partial charge in [0.05, 0.1) is 5.69 Å². The fourth-order valence-corrected chi connectivity index (χ4v) is 3.52. The smallest absolute Gasteiger partial charge is 0.266 e. The predicted molar refractivity (Wildman–Crippen MR) is 113 cm³/mol. The lowest BCUT2D eigenvalue weighted by molar-refractivity contribution is -0.113. The van der Waals surface area contributed by atoms with Crippen molar-refractivity contribution in [1.82, 2.24) is 0 Å². The topological polar surface area (TPSA) is 32.7 Å². The van der Waals surface area contributed by atoms with E-state index in [1.54, 1.807) is 16.7 Å². The van der Waals surface area contributed by atoms with Crippen LogP contribution in [0.2, 0.25) is 0 Å². The summed E-state index contributed by atoms with van der Waals surface area (Å²) in [5.74, 6) is 1.29. The monoisotopic (exact) mass is 364 g/mol. The molecule has 3 rings (SSSR count). The van der Waals surface area contributed by atoms with Crippen molar-refractivity contribution in [2.75, 3.05) is 10.7 Å². The first-order chi connectivity index (χ1) is 12.5. The quantitative estimate of drug-likeness (QED) is 0.660. The molecule has 3 nitrogen and oxygen atoms in total. The summed E-state index contributed by atoms with van der Waals surface area (Å²) in [6, 6.07) is 16.3. The van der Waals surface area contributed by atoms with Crippen molar-refractivity contribution in [3.05, 3.63) is 70.9 Å². The van der Waals surface area contributed by atoms with Crippen LogP contribution in [-0.4, -0.2) is 16.8 Å². The van der Waals surface area contributed by atoms with Gasteiger partial charge in [-0.25, -0.2) is 4.99 Å². The summed E-state index contributed by atoms with van der Waals surface area (Å²) in [6.45, 7) is 8.45. The third-order valence-electron chi connectivity index (χ3n) is 4.30. The predicted octanol–water partition coefficient (Wildman–Crippen LogP) is 5.62. The van der Waals surface area contributed by atoms with Gasteiger partial charge in [0.2, 0.25) is 0 Å². The van der Waals surface area contributed by atoms with Crippen LogP contribution in [0.5, 0.6) is 0 Å². The number of anilines is 1. The fourth-order valence-electron chi connectivity index (χ4n) is 2.78. The lowest BCUT2D eigenvalue weighted by Gasteiger charge is -2.17. The number of nitrogens with zero attached hydrogens (tertiary/aromatic N) is 2. The first kappa shape index (κ1) is 18.5. The zero-order valence-electron chi connectivity index (χ0n) is 15.7. The van der Waals surface area contributed by atoms with E-state index >= 15 is 0 Å². The van der Waals surface area contributed by atoms with Gasteiger partial charge in [-0.15, -0.1) is 0 Å². The van der Waals surface area contributed by atoms with Gasteiger partial charge in [0.25, 0.3) is 5.91 Å². The number of hydrogen-bond donors (Lipinski definition) is 0. The lowest BCUT2D eigenvalue weighted by Crippen LogP contribution is -2.30. The number of aliphatic imine (C=N–C) groups is 1. The molecule has 0 fully saturated rings. The molecule has 4 heteroatoms. The molecule has 0 aliphatic carbocycles. The Hall–Kier alpha value is -2.33. The molecule has 134 valence electrons. The molecule has 1 amide bonds. The number of hydrogen-bond acceptors (Lipinski definition) is 3. The summed E-state index contributed by atoms with van der Waals surface area (Å²) in [4.78, 5) is 19.3. The Balaban J connectivity index is 1.93. The Labute approximate surface area is 159 Å². The second-order valence-corrected chi connectivity index (χ2v) is 7.89. The van der Waals surface area contributed by atoms with E-state index in [0.717, 1.165) is 22.2 Å². The Kier molecular flexibility index (Phi) is 5.62. The lowest BCUT2D eigenvalue weighted by atomic mass is 10.0. The molecule has 0 radical (unpaired) electrons. The number of amidine groups is 1. The molecule has 0 unspecified atom stereocenters. The Bertz CT molecular complexity index is 849. The van der Waals surface area contributed by atoms with E-state index in [1.807, 2.05) is 49.4 Å². The molecule has 2 aromatic carbocycles. The summed E-state index contributed by atoms with van der Waals surface area (Å²) in [5, 5.41) is 0.742. The summed E-state index contributed by atoms with van der Waals surface area (Å²) in [6.07, 6.45) is 1.87. The van der Waals surface area contributed by atoms with Crippen LogP contribution in [0.3, 0.4) is 0 Å². The summed E-state index contributed by atoms with van der Waals surface area (Å²) >= 11 is 1.58. The zero-order valence-corrected chi connectivity index (χ0v) is 16.5. The van der Waals surface area contributed by atoms with Crippen LogP contribution in [0.25, 0.3) is 6.08 Å². The van der Waals surface area contributed by atoms with Crippen molar-refractivity contribution in [2.45, 2.75) is 33.6 Å². The van der Waals surface area contributed by atoms with Gasteiger partial charge >= 0.3 is 0 Å². The van der Waals surface area contributed by atoms with E-state index in [0.29, 0.717) is 11.6 Å². The first-order valence-corrected chi connectivity index (χ1v) is 9.92. The van der Waals surface area contributed by atoms with Crippen molar-refractivity contribution >= 4 is 34.6 Å². The molecule has 0 spiro atoms. The fraction of sp³-hybridized carbons (Fsp3) is 0.273. The van der Waals surface area contributed by atoms with Crippen molar-refractivity contribution in [3.8, 4) is 0 Å². The number of thioether (sulfide) groups is 1.